The molecule has 0 aliphatic rings. The van der Waals surface area contributed by atoms with E-state index < -0.39 is 0 Å². The lowest BCUT2D eigenvalue weighted by atomic mass is 10.1. The standard InChI is InChI=1S/C13H18N4O2/c1-9(2)17(6-3-7-18)13(19)10-4-5-11-12(8-10)15-16-14-11/h4-5,8-9,18H,3,6-7H2,1-2H3,(H,14,15,16). The summed E-state index contributed by atoms with van der Waals surface area (Å²) in [6.07, 6.45) is 0.579. The number of fused-ring (bicyclic) bond motifs is 1. The molecule has 6 heteroatoms. The lowest BCUT2D eigenvalue weighted by molar-refractivity contribution is 0.0693. The van der Waals surface area contributed by atoms with Crippen LogP contribution in [-0.4, -0.2) is 50.5 Å². The molecule has 1 aromatic heterocycles. The van der Waals surface area contributed by atoms with Crippen LogP contribution in [0.2, 0.25) is 0 Å². The Balaban J connectivity index is 2.24. The molecule has 0 unspecified atom stereocenters. The minimum atomic E-state index is -0.0478. The fraction of sp³-hybridized carbons (Fsp3) is 0.462. The van der Waals surface area contributed by atoms with Gasteiger partial charge in [-0.05, 0) is 38.5 Å². The summed E-state index contributed by atoms with van der Waals surface area (Å²) in [5.74, 6) is -0.0478. The molecule has 0 bridgehead atoms. The van der Waals surface area contributed by atoms with Crippen molar-refractivity contribution in [3.05, 3.63) is 23.8 Å². The average molecular weight is 262 g/mol. The van der Waals surface area contributed by atoms with Gasteiger partial charge >= 0.3 is 0 Å². The molecule has 0 saturated heterocycles. The molecule has 102 valence electrons. The van der Waals surface area contributed by atoms with Gasteiger partial charge in [-0.1, -0.05) is 0 Å². The van der Waals surface area contributed by atoms with Crippen LogP contribution in [0.3, 0.4) is 0 Å². The number of aliphatic hydroxyl groups excluding tert-OH is 1. The summed E-state index contributed by atoms with van der Waals surface area (Å²) in [6.45, 7) is 4.55. The van der Waals surface area contributed by atoms with Crippen molar-refractivity contribution in [2.24, 2.45) is 0 Å². The Labute approximate surface area is 111 Å². The molecule has 0 atom stereocenters. The first kappa shape index (κ1) is 13.5. The summed E-state index contributed by atoms with van der Waals surface area (Å²) in [5, 5.41) is 19.4. The highest BCUT2D eigenvalue weighted by molar-refractivity contribution is 5.97. The number of aromatic amines is 1. The van der Waals surface area contributed by atoms with Crippen LogP contribution < -0.4 is 0 Å². The lowest BCUT2D eigenvalue weighted by Gasteiger charge is -2.26. The zero-order chi connectivity index (χ0) is 13.8. The molecule has 2 aromatic rings. The molecule has 1 heterocycles. The van der Waals surface area contributed by atoms with E-state index in [1.165, 1.54) is 0 Å². The lowest BCUT2D eigenvalue weighted by Crippen LogP contribution is -2.38. The number of carbonyl (C=O) groups is 1. The minimum absolute atomic E-state index is 0.0478. The third-order valence-electron chi connectivity index (χ3n) is 3.00. The topological polar surface area (TPSA) is 82.1 Å². The molecule has 1 aromatic carbocycles. The summed E-state index contributed by atoms with van der Waals surface area (Å²) >= 11 is 0. The second-order valence-corrected chi connectivity index (χ2v) is 4.70. The first-order valence-electron chi connectivity index (χ1n) is 6.36. The van der Waals surface area contributed by atoms with E-state index in [0.717, 1.165) is 5.52 Å². The third-order valence-corrected chi connectivity index (χ3v) is 3.00. The second-order valence-electron chi connectivity index (χ2n) is 4.70. The molecular formula is C13H18N4O2. The van der Waals surface area contributed by atoms with Gasteiger partial charge in [0.1, 0.15) is 11.0 Å². The van der Waals surface area contributed by atoms with Gasteiger partial charge in [0.05, 0.1) is 0 Å². The Morgan fingerprint density at radius 3 is 2.79 bits per heavy atom. The number of carbonyl (C=O) groups excluding carboxylic acids is 1. The van der Waals surface area contributed by atoms with Crippen molar-refractivity contribution in [2.75, 3.05) is 13.2 Å². The van der Waals surface area contributed by atoms with Crippen molar-refractivity contribution in [1.82, 2.24) is 20.3 Å². The van der Waals surface area contributed by atoms with Crippen molar-refractivity contribution >= 4 is 16.9 Å². The van der Waals surface area contributed by atoms with Gasteiger partial charge in [-0.25, -0.2) is 0 Å². The summed E-state index contributed by atoms with van der Waals surface area (Å²) in [6, 6.07) is 5.35. The summed E-state index contributed by atoms with van der Waals surface area (Å²) < 4.78 is 0. The molecule has 0 radical (unpaired) electrons. The number of nitrogens with zero attached hydrogens (tertiary/aromatic N) is 3. The summed E-state index contributed by atoms with van der Waals surface area (Å²) in [4.78, 5) is 14.2. The number of aliphatic hydroxyl groups is 1. The Kier molecular flexibility index (Phi) is 4.11. The fourth-order valence-corrected chi connectivity index (χ4v) is 1.97. The zero-order valence-corrected chi connectivity index (χ0v) is 11.1. The number of amides is 1. The minimum Gasteiger partial charge on any atom is -0.396 e. The Morgan fingerprint density at radius 2 is 2.11 bits per heavy atom. The van der Waals surface area contributed by atoms with Crippen LogP contribution in [0.25, 0.3) is 11.0 Å². The number of aromatic nitrogens is 3. The molecule has 2 N–H and O–H groups in total. The van der Waals surface area contributed by atoms with Gasteiger partial charge in [0.25, 0.3) is 5.91 Å². The van der Waals surface area contributed by atoms with Gasteiger partial charge in [-0.2, -0.15) is 15.4 Å². The smallest absolute Gasteiger partial charge is 0.254 e. The molecule has 6 nitrogen and oxygen atoms in total. The van der Waals surface area contributed by atoms with Crippen LogP contribution in [-0.2, 0) is 0 Å². The van der Waals surface area contributed by atoms with Crippen molar-refractivity contribution in [3.8, 4) is 0 Å². The molecule has 19 heavy (non-hydrogen) atoms. The molecule has 0 aliphatic heterocycles. The van der Waals surface area contributed by atoms with Gasteiger partial charge in [0.15, 0.2) is 0 Å². The number of hydrogen-bond donors (Lipinski definition) is 2. The molecular weight excluding hydrogens is 244 g/mol. The molecule has 1 amide bonds. The van der Waals surface area contributed by atoms with E-state index in [9.17, 15) is 4.79 Å². The number of hydrogen-bond acceptors (Lipinski definition) is 4. The highest BCUT2D eigenvalue weighted by atomic mass is 16.3. The Bertz CT molecular complexity index is 565. The Morgan fingerprint density at radius 1 is 1.37 bits per heavy atom. The van der Waals surface area contributed by atoms with Crippen molar-refractivity contribution in [3.63, 3.8) is 0 Å². The highest BCUT2D eigenvalue weighted by Crippen LogP contribution is 2.14. The van der Waals surface area contributed by atoms with Gasteiger partial charge in [-0.3, -0.25) is 4.79 Å². The third kappa shape index (κ3) is 2.90. The van der Waals surface area contributed by atoms with Crippen molar-refractivity contribution in [1.29, 1.82) is 0 Å². The maximum absolute atomic E-state index is 12.4. The van der Waals surface area contributed by atoms with E-state index in [0.29, 0.717) is 24.0 Å². The van der Waals surface area contributed by atoms with E-state index >= 15 is 0 Å². The van der Waals surface area contributed by atoms with E-state index in [1.807, 2.05) is 13.8 Å². The number of rotatable bonds is 5. The normalized spacial score (nSPS) is 11.2. The largest absolute Gasteiger partial charge is 0.396 e. The Hall–Kier alpha value is -1.95. The van der Waals surface area contributed by atoms with Gasteiger partial charge in [-0.15, -0.1) is 0 Å². The van der Waals surface area contributed by atoms with Crippen LogP contribution in [0.1, 0.15) is 30.6 Å². The zero-order valence-electron chi connectivity index (χ0n) is 11.1. The van der Waals surface area contributed by atoms with Gasteiger partial charge < -0.3 is 10.0 Å². The molecule has 2 rings (SSSR count). The highest BCUT2D eigenvalue weighted by Gasteiger charge is 2.18. The quantitative estimate of drug-likeness (QED) is 0.848. The SMILES string of the molecule is CC(C)N(CCCO)C(=O)c1ccc2n[nH]nc2c1. The van der Waals surface area contributed by atoms with Crippen molar-refractivity contribution < 1.29 is 9.90 Å². The molecule has 0 saturated carbocycles. The van der Waals surface area contributed by atoms with E-state index in [1.54, 1.807) is 23.1 Å². The first-order chi connectivity index (χ1) is 9.13. The van der Waals surface area contributed by atoms with E-state index in [-0.39, 0.29) is 18.6 Å². The van der Waals surface area contributed by atoms with Crippen LogP contribution in [0.4, 0.5) is 0 Å². The van der Waals surface area contributed by atoms with E-state index in [2.05, 4.69) is 15.4 Å². The van der Waals surface area contributed by atoms with E-state index in [4.69, 9.17) is 5.11 Å². The van der Waals surface area contributed by atoms with Crippen molar-refractivity contribution in [2.45, 2.75) is 26.3 Å². The van der Waals surface area contributed by atoms with Gasteiger partial charge in [0.2, 0.25) is 0 Å². The van der Waals surface area contributed by atoms with Crippen LogP contribution >= 0.6 is 0 Å². The predicted molar refractivity (Wildman–Crippen MR) is 71.8 cm³/mol. The van der Waals surface area contributed by atoms with Crippen LogP contribution in [0.5, 0.6) is 0 Å². The fourth-order valence-electron chi connectivity index (χ4n) is 1.97. The summed E-state index contributed by atoms with van der Waals surface area (Å²) in [7, 11) is 0. The molecule has 0 fully saturated rings. The van der Waals surface area contributed by atoms with Crippen LogP contribution in [0, 0.1) is 0 Å². The second kappa shape index (κ2) is 5.79. The number of H-pyrrole nitrogens is 1. The van der Waals surface area contributed by atoms with Gasteiger partial charge in [0, 0.05) is 24.8 Å². The monoisotopic (exact) mass is 262 g/mol. The number of benzene rings is 1. The number of nitrogens with one attached hydrogen (secondary N) is 1. The average Bonchev–Trinajstić information content (AvgIpc) is 2.85. The predicted octanol–water partition coefficient (Wildman–Crippen LogP) is 1.19. The molecule has 0 spiro atoms. The maximum Gasteiger partial charge on any atom is 0.254 e. The first-order valence-corrected chi connectivity index (χ1v) is 6.36. The summed E-state index contributed by atoms with van der Waals surface area (Å²) in [5.41, 5.74) is 2.01. The maximum atomic E-state index is 12.4. The van der Waals surface area contributed by atoms with Crippen LogP contribution in [0.15, 0.2) is 18.2 Å². The molecule has 0 aliphatic carbocycles.